The third kappa shape index (κ3) is 5.85. The van der Waals surface area contributed by atoms with E-state index in [1.165, 1.54) is 31.4 Å². The topological polar surface area (TPSA) is 47.6 Å². The Balaban J connectivity index is 2.27. The van der Waals surface area contributed by atoms with Crippen LogP contribution in [0.15, 0.2) is 48.5 Å². The molecule has 41 heavy (non-hydrogen) atoms. The smallest absolute Gasteiger partial charge is 0.428 e. The van der Waals surface area contributed by atoms with Crippen LogP contribution in [0.5, 0.6) is 5.75 Å². The van der Waals surface area contributed by atoms with Crippen molar-refractivity contribution >= 4 is 11.6 Å². The summed E-state index contributed by atoms with van der Waals surface area (Å²) in [5, 5.41) is 2.19. The van der Waals surface area contributed by atoms with Crippen molar-refractivity contribution in [3.8, 4) is 5.75 Å². The zero-order chi connectivity index (χ0) is 31.9. The van der Waals surface area contributed by atoms with Crippen LogP contribution in [0.4, 0.5) is 71.5 Å². The fourth-order valence-electron chi connectivity index (χ4n) is 2.89. The third-order valence-corrected chi connectivity index (χ3v) is 5.18. The minimum absolute atomic E-state index is 0.0485. The average Bonchev–Trinajstić information content (AvgIpc) is 2.84. The summed E-state index contributed by atoms with van der Waals surface area (Å²) in [5.41, 5.74) is 0.459. The molecule has 230 valence electrons. The van der Waals surface area contributed by atoms with Gasteiger partial charge in [-0.3, -0.25) is 4.79 Å². The van der Waals surface area contributed by atoms with Crippen molar-refractivity contribution in [2.45, 2.75) is 48.5 Å². The van der Waals surface area contributed by atoms with Crippen molar-refractivity contribution in [2.75, 3.05) is 12.4 Å². The first-order valence-corrected chi connectivity index (χ1v) is 10.4. The zero-order valence-electron chi connectivity index (χ0n) is 19.7. The molecule has 0 fully saturated rings. The van der Waals surface area contributed by atoms with E-state index in [4.69, 9.17) is 4.74 Å². The number of rotatable bonds is 11. The first-order valence-electron chi connectivity index (χ1n) is 10.4. The largest absolute Gasteiger partial charge is 0.471 e. The van der Waals surface area contributed by atoms with Crippen LogP contribution in [0.3, 0.4) is 0 Å². The number of halogens is 15. The lowest BCUT2D eigenvalue weighted by atomic mass is 9.93. The highest BCUT2D eigenvalue weighted by molar-refractivity contribution is 6.04. The molecule has 0 atom stereocenters. The molecular weight excluding hydrogens is 611 g/mol. The van der Waals surface area contributed by atoms with Gasteiger partial charge >= 0.3 is 41.9 Å². The summed E-state index contributed by atoms with van der Waals surface area (Å²) in [7, 11) is 1.41. The second-order valence-electron chi connectivity index (χ2n) is 8.10. The van der Waals surface area contributed by atoms with E-state index < -0.39 is 53.6 Å². The van der Waals surface area contributed by atoms with Crippen LogP contribution in [0.25, 0.3) is 0 Å². The van der Waals surface area contributed by atoms with E-state index in [0.29, 0.717) is 17.7 Å². The predicted molar refractivity (Wildman–Crippen MR) is 108 cm³/mol. The molecule has 0 aromatic heterocycles. The third-order valence-electron chi connectivity index (χ3n) is 5.18. The van der Waals surface area contributed by atoms with Gasteiger partial charge in [-0.25, -0.2) is 0 Å². The second-order valence-corrected chi connectivity index (χ2v) is 8.10. The van der Waals surface area contributed by atoms with Gasteiger partial charge in [-0.2, -0.15) is 65.9 Å². The van der Waals surface area contributed by atoms with Crippen molar-refractivity contribution < 1.29 is 80.1 Å². The van der Waals surface area contributed by atoms with E-state index in [9.17, 15) is 70.7 Å². The van der Waals surface area contributed by atoms with Gasteiger partial charge in [-0.1, -0.05) is 12.1 Å². The van der Waals surface area contributed by atoms with E-state index in [1.54, 1.807) is 0 Å². The monoisotopic (exact) mass is 625 g/mol. The lowest BCUT2D eigenvalue weighted by molar-refractivity contribution is -0.465. The van der Waals surface area contributed by atoms with Crippen molar-refractivity contribution in [3.63, 3.8) is 0 Å². The minimum atomic E-state index is -8.41. The number of alkyl halides is 15. The van der Waals surface area contributed by atoms with Gasteiger partial charge in [-0.05, 0) is 42.0 Å². The summed E-state index contributed by atoms with van der Waals surface area (Å²) in [5.74, 6) is -43.2. The van der Waals surface area contributed by atoms with E-state index >= 15 is 0 Å². The number of carbonyl (C=O) groups is 1. The zero-order valence-corrected chi connectivity index (χ0v) is 19.7. The fraction of sp³-hybridized carbons (Fsp3) is 0.409. The summed E-state index contributed by atoms with van der Waals surface area (Å²) in [6.07, 6.45) is -14.6. The first kappa shape index (κ1) is 33.8. The molecule has 0 unspecified atom stereocenters. The highest BCUT2D eigenvalue weighted by atomic mass is 19.4. The summed E-state index contributed by atoms with van der Waals surface area (Å²) >= 11 is 0. The summed E-state index contributed by atoms with van der Waals surface area (Å²) in [4.78, 5) is 12.2. The molecule has 2 rings (SSSR count). The first-order chi connectivity index (χ1) is 18.4. The molecule has 0 bridgehead atoms. The van der Waals surface area contributed by atoms with E-state index in [2.05, 4.69) is 10.1 Å². The maximum Gasteiger partial charge on any atom is 0.471 e. The molecule has 0 saturated heterocycles. The quantitative estimate of drug-likeness (QED) is 0.260. The van der Waals surface area contributed by atoms with E-state index in [1.807, 2.05) is 0 Å². The van der Waals surface area contributed by atoms with Crippen molar-refractivity contribution in [1.29, 1.82) is 0 Å². The number of benzene rings is 2. The Hall–Kier alpha value is -3.38. The van der Waals surface area contributed by atoms with E-state index in [-0.39, 0.29) is 30.0 Å². The number of carbonyl (C=O) groups excluding carboxylic acids is 1. The number of nitrogens with one attached hydrogen (secondary N) is 1. The van der Waals surface area contributed by atoms with Crippen molar-refractivity contribution in [3.05, 3.63) is 59.7 Å². The normalized spacial score (nSPS) is 14.1. The van der Waals surface area contributed by atoms with Gasteiger partial charge in [0.15, 0.2) is 0 Å². The van der Waals surface area contributed by atoms with Crippen LogP contribution in [-0.2, 0) is 11.3 Å². The summed E-state index contributed by atoms with van der Waals surface area (Å²) in [6, 6.07) is 7.53. The average molecular weight is 625 g/mol. The molecule has 0 aliphatic carbocycles. The maximum absolute atomic E-state index is 13.9. The molecule has 19 heteroatoms. The molecule has 4 nitrogen and oxygen atoms in total. The van der Waals surface area contributed by atoms with Gasteiger partial charge in [0.2, 0.25) is 0 Å². The van der Waals surface area contributed by atoms with Gasteiger partial charge in [0.25, 0.3) is 5.91 Å². The highest BCUT2D eigenvalue weighted by Gasteiger charge is 2.94. The Morgan fingerprint density at radius 2 is 1.07 bits per heavy atom. The summed E-state index contributed by atoms with van der Waals surface area (Å²) in [6.45, 7) is 0.207. The van der Waals surface area contributed by atoms with Gasteiger partial charge in [0.05, 0.1) is 6.61 Å². The van der Waals surface area contributed by atoms with Crippen LogP contribution in [0, 0.1) is 0 Å². The van der Waals surface area contributed by atoms with Crippen LogP contribution < -0.4 is 10.1 Å². The highest BCUT2D eigenvalue weighted by Crippen LogP contribution is 2.62. The number of methoxy groups -OCH3 is 1. The van der Waals surface area contributed by atoms with Crippen LogP contribution in [0.1, 0.15) is 15.9 Å². The lowest BCUT2D eigenvalue weighted by Gasteiger charge is -2.41. The van der Waals surface area contributed by atoms with Crippen LogP contribution >= 0.6 is 0 Å². The standard InChI is InChI=1S/C22H14F15NO3/c1-40-10-11-2-4-12(5-3-11)15(39)38-13-6-8-14(9-7-13)41-22(36,37)20(31,32)18(27,28)16(23,24)17(25,26)19(29,30)21(33,34)35/h2-9H,10H2,1H3,(H,38,39). The molecule has 0 saturated carbocycles. The Labute approximate surface area is 219 Å². The molecule has 0 aliphatic rings. The second kappa shape index (κ2) is 10.8. The van der Waals surface area contributed by atoms with E-state index in [0.717, 1.165) is 0 Å². The van der Waals surface area contributed by atoms with Crippen molar-refractivity contribution in [1.82, 2.24) is 0 Å². The number of ether oxygens (including phenoxy) is 2. The van der Waals surface area contributed by atoms with Gasteiger partial charge < -0.3 is 14.8 Å². The maximum atomic E-state index is 13.9. The van der Waals surface area contributed by atoms with Crippen molar-refractivity contribution in [2.24, 2.45) is 0 Å². The Kier molecular flexibility index (Phi) is 8.90. The molecule has 1 N–H and O–H groups in total. The molecule has 2 aromatic carbocycles. The molecule has 1 amide bonds. The van der Waals surface area contributed by atoms with Gasteiger partial charge in [-0.15, -0.1) is 0 Å². The SMILES string of the molecule is COCc1ccc(C(=O)Nc2ccc(OC(F)(F)C(F)(F)C(F)(F)C(F)(F)C(F)(F)C(F)(F)C(F)(F)F)cc2)cc1. The molecule has 0 aliphatic heterocycles. The molecule has 2 aromatic rings. The molecule has 0 spiro atoms. The Morgan fingerprint density at radius 1 is 0.634 bits per heavy atom. The van der Waals surface area contributed by atoms with Crippen LogP contribution in [0.2, 0.25) is 0 Å². The Morgan fingerprint density at radius 3 is 1.51 bits per heavy atom. The molecular formula is C22H14F15NO3. The minimum Gasteiger partial charge on any atom is -0.428 e. The predicted octanol–water partition coefficient (Wildman–Crippen LogP) is 7.80. The molecule has 0 radical (unpaired) electrons. The summed E-state index contributed by atoms with van der Waals surface area (Å²) < 4.78 is 207. The number of hydrogen-bond donors (Lipinski definition) is 1. The fourth-order valence-corrected chi connectivity index (χ4v) is 2.89. The van der Waals surface area contributed by atoms with Crippen LogP contribution in [-0.4, -0.2) is 54.9 Å². The van der Waals surface area contributed by atoms with Gasteiger partial charge in [0, 0.05) is 18.4 Å². The number of hydrogen-bond acceptors (Lipinski definition) is 3. The van der Waals surface area contributed by atoms with Gasteiger partial charge in [0.1, 0.15) is 5.75 Å². The Bertz CT molecular complexity index is 1210. The lowest BCUT2D eigenvalue weighted by Crippen LogP contribution is -2.73. The number of anilines is 1. The molecule has 0 heterocycles. The number of amides is 1.